The Balaban J connectivity index is 1.50. The average molecular weight is 378 g/mol. The van der Waals surface area contributed by atoms with Gasteiger partial charge in [0.05, 0.1) is 12.6 Å². The number of hydrogen-bond acceptors (Lipinski definition) is 4. The van der Waals surface area contributed by atoms with E-state index in [2.05, 4.69) is 10.3 Å². The van der Waals surface area contributed by atoms with Crippen molar-refractivity contribution in [2.75, 3.05) is 19.0 Å². The first kappa shape index (κ1) is 18.1. The Bertz CT molecular complexity index is 1090. The zero-order chi connectivity index (χ0) is 19.5. The third-order valence-electron chi connectivity index (χ3n) is 5.05. The molecule has 0 saturated heterocycles. The molecule has 4 rings (SSSR count). The van der Waals surface area contributed by atoms with Crippen LogP contribution in [-0.2, 0) is 17.6 Å². The largest absolute Gasteiger partial charge is 0.493 e. The number of carbonyl (C=O) groups excluding carboxylic acids is 1. The number of carbonyl (C=O) groups is 1. The maximum absolute atomic E-state index is 12.4. The number of aryl methyl sites for hydroxylation is 1. The Hall–Kier alpha value is -3.28. The molecule has 1 aromatic heterocycles. The lowest BCUT2D eigenvalue weighted by molar-refractivity contribution is -0.118. The van der Waals surface area contributed by atoms with E-state index in [-0.39, 0.29) is 18.1 Å². The Morgan fingerprint density at radius 2 is 1.82 bits per heavy atom. The smallest absolute Gasteiger partial charge is 0.262 e. The first-order valence-electron chi connectivity index (χ1n) is 9.39. The summed E-state index contributed by atoms with van der Waals surface area (Å²) in [7, 11) is 1.55. The molecule has 0 bridgehead atoms. The van der Waals surface area contributed by atoms with Crippen LogP contribution >= 0.6 is 0 Å². The number of benzene rings is 2. The topological polar surface area (TPSA) is 80.4 Å². The molecular weight excluding hydrogens is 356 g/mol. The first-order valence-corrected chi connectivity index (χ1v) is 9.39. The van der Waals surface area contributed by atoms with E-state index in [0.717, 1.165) is 47.7 Å². The van der Waals surface area contributed by atoms with Crippen molar-refractivity contribution >= 4 is 22.5 Å². The van der Waals surface area contributed by atoms with Crippen LogP contribution in [0.25, 0.3) is 10.9 Å². The SMILES string of the molecule is COc1ccccc1OCC(=O)Nc1ccc2c3c(c(=O)[nH]c2c1)CCCC3. The van der Waals surface area contributed by atoms with Crippen LogP contribution in [0.2, 0.25) is 0 Å². The van der Waals surface area contributed by atoms with Gasteiger partial charge in [-0.15, -0.1) is 0 Å². The van der Waals surface area contributed by atoms with Crippen molar-refractivity contribution in [3.05, 3.63) is 63.9 Å². The molecule has 3 aromatic rings. The van der Waals surface area contributed by atoms with Crippen LogP contribution in [-0.4, -0.2) is 24.6 Å². The monoisotopic (exact) mass is 378 g/mol. The predicted octanol–water partition coefficient (Wildman–Crippen LogP) is 3.43. The van der Waals surface area contributed by atoms with Crippen LogP contribution in [0.4, 0.5) is 5.69 Å². The number of fused-ring (bicyclic) bond motifs is 3. The zero-order valence-corrected chi connectivity index (χ0v) is 15.7. The Morgan fingerprint density at radius 3 is 2.61 bits per heavy atom. The molecular formula is C22H22N2O4. The molecule has 2 aromatic carbocycles. The van der Waals surface area contributed by atoms with E-state index in [4.69, 9.17) is 9.47 Å². The van der Waals surface area contributed by atoms with E-state index in [0.29, 0.717) is 17.2 Å². The van der Waals surface area contributed by atoms with E-state index in [1.807, 2.05) is 24.3 Å². The fraction of sp³-hybridized carbons (Fsp3) is 0.273. The number of pyridine rings is 1. The fourth-order valence-corrected chi connectivity index (χ4v) is 3.72. The Kier molecular flexibility index (Phi) is 5.02. The molecule has 1 aliphatic carbocycles. The molecule has 2 N–H and O–H groups in total. The van der Waals surface area contributed by atoms with Gasteiger partial charge in [0.2, 0.25) is 0 Å². The fourth-order valence-electron chi connectivity index (χ4n) is 3.72. The lowest BCUT2D eigenvalue weighted by atomic mass is 9.90. The van der Waals surface area contributed by atoms with Crippen LogP contribution in [0.1, 0.15) is 24.0 Å². The molecule has 0 unspecified atom stereocenters. The Morgan fingerprint density at radius 1 is 1.07 bits per heavy atom. The Labute approximate surface area is 162 Å². The maximum atomic E-state index is 12.4. The van der Waals surface area contributed by atoms with Crippen molar-refractivity contribution in [3.63, 3.8) is 0 Å². The molecule has 0 fully saturated rings. The third-order valence-corrected chi connectivity index (χ3v) is 5.05. The van der Waals surface area contributed by atoms with Crippen molar-refractivity contribution in [1.82, 2.24) is 4.98 Å². The van der Waals surface area contributed by atoms with Crippen molar-refractivity contribution in [2.45, 2.75) is 25.7 Å². The highest BCUT2D eigenvalue weighted by Crippen LogP contribution is 2.28. The van der Waals surface area contributed by atoms with Crippen molar-refractivity contribution in [2.24, 2.45) is 0 Å². The molecule has 28 heavy (non-hydrogen) atoms. The van der Waals surface area contributed by atoms with Gasteiger partial charge in [-0.1, -0.05) is 18.2 Å². The number of hydrogen-bond donors (Lipinski definition) is 2. The average Bonchev–Trinajstić information content (AvgIpc) is 2.72. The van der Waals surface area contributed by atoms with Gasteiger partial charge in [0.1, 0.15) is 0 Å². The highest BCUT2D eigenvalue weighted by atomic mass is 16.5. The van der Waals surface area contributed by atoms with Gasteiger partial charge in [-0.3, -0.25) is 9.59 Å². The second-order valence-corrected chi connectivity index (χ2v) is 6.87. The predicted molar refractivity (Wildman–Crippen MR) is 108 cm³/mol. The zero-order valence-electron chi connectivity index (χ0n) is 15.7. The second-order valence-electron chi connectivity index (χ2n) is 6.87. The minimum absolute atomic E-state index is 0.0230. The van der Waals surface area contributed by atoms with Gasteiger partial charge >= 0.3 is 0 Å². The standard InChI is InChI=1S/C22H22N2O4/c1-27-19-8-4-5-9-20(19)28-13-21(25)23-14-10-11-16-15-6-2-3-7-17(15)22(26)24-18(16)12-14/h4-5,8-12H,2-3,6-7,13H2,1H3,(H,23,25)(H,24,26). The van der Waals surface area contributed by atoms with Crippen LogP contribution in [0.5, 0.6) is 11.5 Å². The molecule has 144 valence electrons. The summed E-state index contributed by atoms with van der Waals surface area (Å²) in [6, 6.07) is 12.8. The molecule has 6 nitrogen and oxygen atoms in total. The van der Waals surface area contributed by atoms with Gasteiger partial charge < -0.3 is 19.8 Å². The summed E-state index contributed by atoms with van der Waals surface area (Å²) in [5.74, 6) is 0.795. The van der Waals surface area contributed by atoms with Gasteiger partial charge in [-0.2, -0.15) is 0 Å². The van der Waals surface area contributed by atoms with E-state index in [1.165, 1.54) is 0 Å². The van der Waals surface area contributed by atoms with Crippen molar-refractivity contribution in [3.8, 4) is 11.5 Å². The van der Waals surface area contributed by atoms with Gasteiger partial charge in [0, 0.05) is 16.6 Å². The number of para-hydroxylation sites is 2. The van der Waals surface area contributed by atoms with Crippen LogP contribution in [0, 0.1) is 0 Å². The third kappa shape index (κ3) is 3.58. The van der Waals surface area contributed by atoms with Crippen LogP contribution in [0.3, 0.4) is 0 Å². The molecule has 1 amide bonds. The van der Waals surface area contributed by atoms with Gasteiger partial charge in [-0.05, 0) is 55.5 Å². The van der Waals surface area contributed by atoms with Gasteiger partial charge in [0.15, 0.2) is 18.1 Å². The van der Waals surface area contributed by atoms with Crippen LogP contribution < -0.4 is 20.3 Å². The summed E-state index contributed by atoms with van der Waals surface area (Å²) < 4.78 is 10.8. The summed E-state index contributed by atoms with van der Waals surface area (Å²) in [5.41, 5.74) is 3.38. The molecule has 0 radical (unpaired) electrons. The summed E-state index contributed by atoms with van der Waals surface area (Å²) >= 11 is 0. The number of ether oxygens (including phenoxy) is 2. The minimum Gasteiger partial charge on any atom is -0.493 e. The number of methoxy groups -OCH3 is 1. The minimum atomic E-state index is -0.287. The molecule has 0 spiro atoms. The van der Waals surface area contributed by atoms with Crippen LogP contribution in [0.15, 0.2) is 47.3 Å². The molecule has 1 aliphatic rings. The van der Waals surface area contributed by atoms with E-state index in [9.17, 15) is 9.59 Å². The number of aromatic amines is 1. The first-order chi connectivity index (χ1) is 13.7. The lowest BCUT2D eigenvalue weighted by Gasteiger charge is -2.17. The lowest BCUT2D eigenvalue weighted by Crippen LogP contribution is -2.21. The molecule has 1 heterocycles. The highest BCUT2D eigenvalue weighted by molar-refractivity contribution is 5.95. The summed E-state index contributed by atoms with van der Waals surface area (Å²) in [5, 5.41) is 3.87. The van der Waals surface area contributed by atoms with E-state index < -0.39 is 0 Å². The number of amides is 1. The number of nitrogens with one attached hydrogen (secondary N) is 2. The molecule has 0 atom stereocenters. The number of anilines is 1. The molecule has 0 saturated carbocycles. The number of rotatable bonds is 5. The van der Waals surface area contributed by atoms with Crippen molar-refractivity contribution in [1.29, 1.82) is 0 Å². The van der Waals surface area contributed by atoms with Gasteiger partial charge in [-0.25, -0.2) is 0 Å². The molecule has 6 heteroatoms. The summed E-state index contributed by atoms with van der Waals surface area (Å²) in [6.07, 6.45) is 3.92. The normalized spacial score (nSPS) is 13.0. The number of aromatic nitrogens is 1. The quantitative estimate of drug-likeness (QED) is 0.713. The second kappa shape index (κ2) is 7.76. The summed E-state index contributed by atoms with van der Waals surface area (Å²) in [6.45, 7) is -0.140. The summed E-state index contributed by atoms with van der Waals surface area (Å²) in [4.78, 5) is 27.6. The molecule has 0 aliphatic heterocycles. The highest BCUT2D eigenvalue weighted by Gasteiger charge is 2.16. The van der Waals surface area contributed by atoms with E-state index >= 15 is 0 Å². The van der Waals surface area contributed by atoms with Gasteiger partial charge in [0.25, 0.3) is 11.5 Å². The maximum Gasteiger partial charge on any atom is 0.262 e. The van der Waals surface area contributed by atoms with Crippen molar-refractivity contribution < 1.29 is 14.3 Å². The number of H-pyrrole nitrogens is 1. The van der Waals surface area contributed by atoms with E-state index in [1.54, 1.807) is 25.3 Å².